The van der Waals surface area contributed by atoms with Crippen molar-refractivity contribution in [1.29, 1.82) is 0 Å². The predicted octanol–water partition coefficient (Wildman–Crippen LogP) is 3.39. The summed E-state index contributed by atoms with van der Waals surface area (Å²) in [6.07, 6.45) is -4.45. The van der Waals surface area contributed by atoms with Crippen molar-refractivity contribution >= 4 is 0 Å². The van der Waals surface area contributed by atoms with Crippen LogP contribution in [0.25, 0.3) is 0 Å². The largest absolute Gasteiger partial charge is 0.416 e. The van der Waals surface area contributed by atoms with Crippen LogP contribution in [-0.2, 0) is 10.9 Å². The summed E-state index contributed by atoms with van der Waals surface area (Å²) >= 11 is 0. The smallest absolute Gasteiger partial charge is 0.371 e. The third-order valence-corrected chi connectivity index (χ3v) is 3.46. The Bertz CT molecular complexity index is 406. The first-order valence-corrected chi connectivity index (χ1v) is 6.40. The molecule has 5 heteroatoms. The molecule has 0 radical (unpaired) electrons. The van der Waals surface area contributed by atoms with Crippen molar-refractivity contribution in [2.24, 2.45) is 5.92 Å². The number of rotatable bonds is 2. The molecule has 1 saturated heterocycles. The summed E-state index contributed by atoms with van der Waals surface area (Å²) in [5.41, 5.74) is 0.155. The minimum atomic E-state index is -4.28. The molecule has 1 aromatic rings. The van der Waals surface area contributed by atoms with Crippen LogP contribution in [0.4, 0.5) is 13.2 Å². The number of morpholine rings is 1. The van der Waals surface area contributed by atoms with Gasteiger partial charge in [0.2, 0.25) is 0 Å². The Hall–Kier alpha value is -1.07. The van der Waals surface area contributed by atoms with Gasteiger partial charge in [0, 0.05) is 12.6 Å². The number of hydrogen-bond donors (Lipinski definition) is 1. The monoisotopic (exact) mass is 273 g/mol. The van der Waals surface area contributed by atoms with E-state index in [0.29, 0.717) is 25.1 Å². The lowest BCUT2D eigenvalue weighted by Gasteiger charge is -2.32. The summed E-state index contributed by atoms with van der Waals surface area (Å²) in [7, 11) is 0. The lowest BCUT2D eigenvalue weighted by atomic mass is 10.0. The molecule has 19 heavy (non-hydrogen) atoms. The molecule has 0 bridgehead atoms. The maximum absolute atomic E-state index is 12.5. The third kappa shape index (κ3) is 3.48. The number of ether oxygens (including phenoxy) is 1. The van der Waals surface area contributed by atoms with Gasteiger partial charge in [-0.25, -0.2) is 0 Å². The molecule has 1 aliphatic heterocycles. The van der Waals surface area contributed by atoms with Gasteiger partial charge < -0.3 is 10.1 Å². The van der Waals surface area contributed by atoms with E-state index in [-0.39, 0.29) is 6.10 Å². The van der Waals surface area contributed by atoms with Gasteiger partial charge in [-0.05, 0) is 23.6 Å². The molecule has 2 unspecified atom stereocenters. The maximum Gasteiger partial charge on any atom is 0.416 e. The Balaban J connectivity index is 2.00. The van der Waals surface area contributed by atoms with E-state index in [0.717, 1.165) is 17.7 Å². The summed E-state index contributed by atoms with van der Waals surface area (Å²) < 4.78 is 43.1. The highest BCUT2D eigenvalue weighted by Crippen LogP contribution is 2.30. The molecule has 0 spiro atoms. The number of hydrogen-bond acceptors (Lipinski definition) is 2. The normalized spacial score (nSPS) is 24.7. The Morgan fingerprint density at radius 1 is 1.21 bits per heavy atom. The number of alkyl halides is 3. The molecule has 1 heterocycles. The summed E-state index contributed by atoms with van der Waals surface area (Å²) in [5.74, 6) is 0.480. The van der Waals surface area contributed by atoms with Crippen LogP contribution in [0, 0.1) is 5.92 Å². The molecule has 2 nitrogen and oxygen atoms in total. The van der Waals surface area contributed by atoms with E-state index in [1.165, 1.54) is 12.1 Å². The summed E-state index contributed by atoms with van der Waals surface area (Å²) in [6.45, 7) is 5.44. The fourth-order valence-corrected chi connectivity index (χ4v) is 2.13. The van der Waals surface area contributed by atoms with Crippen molar-refractivity contribution < 1.29 is 17.9 Å². The Morgan fingerprint density at radius 3 is 2.26 bits per heavy atom. The minimum Gasteiger partial charge on any atom is -0.371 e. The highest BCUT2D eigenvalue weighted by molar-refractivity contribution is 5.26. The molecular formula is C14H18F3NO. The molecule has 106 valence electrons. The second-order valence-corrected chi connectivity index (χ2v) is 5.20. The first-order valence-electron chi connectivity index (χ1n) is 6.40. The Morgan fingerprint density at radius 2 is 1.84 bits per heavy atom. The van der Waals surface area contributed by atoms with Gasteiger partial charge in [0.05, 0.1) is 18.3 Å². The van der Waals surface area contributed by atoms with Crippen LogP contribution in [0.5, 0.6) is 0 Å². The van der Waals surface area contributed by atoms with E-state index >= 15 is 0 Å². The molecule has 1 N–H and O–H groups in total. The molecule has 1 aromatic carbocycles. The lowest BCUT2D eigenvalue weighted by molar-refractivity contribution is -0.137. The molecule has 0 amide bonds. The zero-order chi connectivity index (χ0) is 14.0. The summed E-state index contributed by atoms with van der Waals surface area (Å²) in [6, 6.07) is 5.50. The van der Waals surface area contributed by atoms with E-state index in [2.05, 4.69) is 19.2 Å². The molecule has 0 aliphatic carbocycles. The number of halogens is 3. The molecular weight excluding hydrogens is 255 g/mol. The van der Waals surface area contributed by atoms with Gasteiger partial charge >= 0.3 is 6.18 Å². The second-order valence-electron chi connectivity index (χ2n) is 5.20. The highest BCUT2D eigenvalue weighted by atomic mass is 19.4. The standard InChI is InChI=1S/C14H18F3NO/c1-9(2)12-8-19-13(7-18-12)10-3-5-11(6-4-10)14(15,16)17/h3-6,9,12-13,18H,7-8H2,1-2H3. The van der Waals surface area contributed by atoms with Crippen LogP contribution < -0.4 is 5.32 Å². The van der Waals surface area contributed by atoms with Gasteiger partial charge in [-0.3, -0.25) is 0 Å². The Labute approximate surface area is 111 Å². The van der Waals surface area contributed by atoms with Crippen molar-refractivity contribution in [3.8, 4) is 0 Å². The lowest BCUT2D eigenvalue weighted by Crippen LogP contribution is -2.45. The van der Waals surface area contributed by atoms with Crippen LogP contribution >= 0.6 is 0 Å². The fourth-order valence-electron chi connectivity index (χ4n) is 2.13. The highest BCUT2D eigenvalue weighted by Gasteiger charge is 2.31. The fraction of sp³-hybridized carbons (Fsp3) is 0.571. The average molecular weight is 273 g/mol. The van der Waals surface area contributed by atoms with Crippen molar-refractivity contribution in [2.45, 2.75) is 32.2 Å². The minimum absolute atomic E-state index is 0.169. The molecule has 1 aliphatic rings. The second kappa shape index (κ2) is 5.51. The van der Waals surface area contributed by atoms with E-state index in [1.54, 1.807) is 0 Å². The van der Waals surface area contributed by atoms with E-state index in [1.807, 2.05) is 0 Å². The molecule has 0 saturated carbocycles. The van der Waals surface area contributed by atoms with Crippen molar-refractivity contribution in [2.75, 3.05) is 13.2 Å². The van der Waals surface area contributed by atoms with Gasteiger partial charge in [0.25, 0.3) is 0 Å². The van der Waals surface area contributed by atoms with Crippen LogP contribution in [0.3, 0.4) is 0 Å². The summed E-state index contributed by atoms with van der Waals surface area (Å²) in [4.78, 5) is 0. The van der Waals surface area contributed by atoms with Crippen LogP contribution in [0.15, 0.2) is 24.3 Å². The third-order valence-electron chi connectivity index (χ3n) is 3.46. The maximum atomic E-state index is 12.5. The van der Waals surface area contributed by atoms with Crippen LogP contribution in [-0.4, -0.2) is 19.2 Å². The molecule has 2 atom stereocenters. The van der Waals surface area contributed by atoms with Crippen molar-refractivity contribution in [3.63, 3.8) is 0 Å². The molecule has 1 fully saturated rings. The van der Waals surface area contributed by atoms with Gasteiger partial charge in [-0.2, -0.15) is 13.2 Å². The SMILES string of the molecule is CC(C)C1COC(c2ccc(C(F)(F)F)cc2)CN1. The van der Waals surface area contributed by atoms with Gasteiger partial charge in [0.15, 0.2) is 0 Å². The van der Waals surface area contributed by atoms with Crippen molar-refractivity contribution in [3.05, 3.63) is 35.4 Å². The zero-order valence-corrected chi connectivity index (χ0v) is 11.0. The van der Waals surface area contributed by atoms with Crippen LogP contribution in [0.2, 0.25) is 0 Å². The topological polar surface area (TPSA) is 21.3 Å². The average Bonchev–Trinajstić information content (AvgIpc) is 2.38. The molecule has 0 aromatic heterocycles. The number of benzene rings is 1. The van der Waals surface area contributed by atoms with Gasteiger partial charge in [0.1, 0.15) is 0 Å². The molecule has 2 rings (SSSR count). The predicted molar refractivity (Wildman–Crippen MR) is 66.8 cm³/mol. The Kier molecular flexibility index (Phi) is 4.16. The van der Waals surface area contributed by atoms with Gasteiger partial charge in [-0.1, -0.05) is 26.0 Å². The summed E-state index contributed by atoms with van der Waals surface area (Å²) in [5, 5.41) is 3.36. The first-order chi connectivity index (χ1) is 8.88. The zero-order valence-electron chi connectivity index (χ0n) is 11.0. The number of nitrogens with one attached hydrogen (secondary N) is 1. The van der Waals surface area contributed by atoms with Crippen molar-refractivity contribution in [1.82, 2.24) is 5.32 Å². The quantitative estimate of drug-likeness (QED) is 0.891. The first kappa shape index (κ1) is 14.3. The van der Waals surface area contributed by atoms with E-state index in [4.69, 9.17) is 4.74 Å². The van der Waals surface area contributed by atoms with E-state index < -0.39 is 11.7 Å². The van der Waals surface area contributed by atoms with E-state index in [9.17, 15) is 13.2 Å². The van der Waals surface area contributed by atoms with Gasteiger partial charge in [-0.15, -0.1) is 0 Å². The van der Waals surface area contributed by atoms with Crippen LogP contribution in [0.1, 0.15) is 31.1 Å².